The van der Waals surface area contributed by atoms with Crippen LogP contribution >= 0.6 is 0 Å². The molecule has 1 fully saturated rings. The average Bonchev–Trinajstić information content (AvgIpc) is 2.44. The lowest BCUT2D eigenvalue weighted by atomic mass is 9.90. The number of nitrogens with one attached hydrogen (secondary N) is 1. The van der Waals surface area contributed by atoms with Crippen LogP contribution in [0.3, 0.4) is 0 Å². The quantitative estimate of drug-likeness (QED) is 0.841. The summed E-state index contributed by atoms with van der Waals surface area (Å²) in [5.74, 6) is 0.589. The Morgan fingerprint density at radius 1 is 1.40 bits per heavy atom. The molecule has 0 saturated carbocycles. The van der Waals surface area contributed by atoms with Crippen LogP contribution in [-0.4, -0.2) is 36.0 Å². The molecule has 1 aliphatic heterocycles. The summed E-state index contributed by atoms with van der Waals surface area (Å²) in [4.78, 5) is 14.5. The van der Waals surface area contributed by atoms with Gasteiger partial charge in [-0.2, -0.15) is 5.26 Å². The van der Waals surface area contributed by atoms with Gasteiger partial charge in [-0.05, 0) is 53.0 Å². The Morgan fingerprint density at radius 2 is 2.05 bits per heavy atom. The molecular formula is C16H29N3O. The number of nitrogens with zero attached hydrogens (tertiary/aromatic N) is 2. The molecule has 0 bridgehead atoms. The molecule has 114 valence electrons. The van der Waals surface area contributed by atoms with Gasteiger partial charge in [-0.25, -0.2) is 0 Å². The lowest BCUT2D eigenvalue weighted by molar-refractivity contribution is -0.127. The smallest absolute Gasteiger partial charge is 0.239 e. The highest BCUT2D eigenvalue weighted by Crippen LogP contribution is 2.25. The molecule has 0 unspecified atom stereocenters. The van der Waals surface area contributed by atoms with E-state index in [0.29, 0.717) is 6.54 Å². The number of amides is 1. The van der Waals surface area contributed by atoms with Gasteiger partial charge < -0.3 is 5.32 Å². The first-order valence-corrected chi connectivity index (χ1v) is 7.67. The third-order valence-corrected chi connectivity index (χ3v) is 4.48. The second kappa shape index (κ2) is 6.58. The van der Waals surface area contributed by atoms with Crippen molar-refractivity contribution < 1.29 is 4.79 Å². The highest BCUT2D eigenvalue weighted by molar-refractivity contribution is 5.84. The lowest BCUT2D eigenvalue weighted by Gasteiger charge is -2.43. The van der Waals surface area contributed by atoms with Gasteiger partial charge in [-0.15, -0.1) is 0 Å². The van der Waals surface area contributed by atoms with Gasteiger partial charge >= 0.3 is 0 Å². The van der Waals surface area contributed by atoms with E-state index in [-0.39, 0.29) is 11.4 Å². The summed E-state index contributed by atoms with van der Waals surface area (Å²) in [6.45, 7) is 12.7. The number of hydrogen-bond acceptors (Lipinski definition) is 3. The van der Waals surface area contributed by atoms with Crippen molar-refractivity contribution in [3.63, 3.8) is 0 Å². The van der Waals surface area contributed by atoms with Gasteiger partial charge in [0.2, 0.25) is 5.91 Å². The van der Waals surface area contributed by atoms with Gasteiger partial charge in [0.15, 0.2) is 0 Å². The number of piperidine rings is 1. The predicted octanol–water partition coefficient (Wildman–Crippen LogP) is 2.55. The zero-order valence-electron chi connectivity index (χ0n) is 13.6. The Balaban J connectivity index is 2.57. The molecule has 1 amide bonds. The highest BCUT2D eigenvalue weighted by Gasteiger charge is 2.33. The van der Waals surface area contributed by atoms with Crippen LogP contribution in [0.1, 0.15) is 53.9 Å². The number of carbonyl (C=O) groups excluding carboxylic acids is 1. The second-order valence-corrected chi connectivity index (χ2v) is 7.09. The largest absolute Gasteiger partial charge is 0.353 e. The first-order valence-electron chi connectivity index (χ1n) is 7.67. The third kappa shape index (κ3) is 4.21. The maximum Gasteiger partial charge on any atom is 0.239 e. The van der Waals surface area contributed by atoms with Gasteiger partial charge in [-0.1, -0.05) is 13.3 Å². The van der Waals surface area contributed by atoms with Gasteiger partial charge in [0.1, 0.15) is 5.41 Å². The fourth-order valence-corrected chi connectivity index (χ4v) is 2.63. The SMILES string of the molecule is CC[C@@H]1CCCN(C(C)(C)CNC(=O)C(C)(C)C#N)C1. The zero-order chi connectivity index (χ0) is 15.4. The van der Waals surface area contributed by atoms with Gasteiger partial charge in [-0.3, -0.25) is 9.69 Å². The summed E-state index contributed by atoms with van der Waals surface area (Å²) in [6.07, 6.45) is 3.77. The van der Waals surface area contributed by atoms with E-state index in [1.807, 2.05) is 6.07 Å². The normalized spacial score (nSPS) is 21.3. The number of nitriles is 1. The zero-order valence-corrected chi connectivity index (χ0v) is 13.6. The van der Waals surface area contributed by atoms with E-state index in [4.69, 9.17) is 5.26 Å². The Morgan fingerprint density at radius 3 is 2.60 bits per heavy atom. The lowest BCUT2D eigenvalue weighted by Crippen LogP contribution is -2.55. The molecule has 1 atom stereocenters. The van der Waals surface area contributed by atoms with Crippen LogP contribution in [0.25, 0.3) is 0 Å². The average molecular weight is 279 g/mol. The molecule has 0 radical (unpaired) electrons. The Bertz CT molecular complexity index is 382. The van der Waals surface area contributed by atoms with Crippen molar-refractivity contribution in [2.45, 2.75) is 59.4 Å². The molecule has 0 spiro atoms. The van der Waals surface area contributed by atoms with Crippen LogP contribution < -0.4 is 5.32 Å². The fraction of sp³-hybridized carbons (Fsp3) is 0.875. The highest BCUT2D eigenvalue weighted by atomic mass is 16.2. The van der Waals surface area contributed by atoms with Crippen LogP contribution in [-0.2, 0) is 4.79 Å². The minimum Gasteiger partial charge on any atom is -0.353 e. The van der Waals surface area contributed by atoms with E-state index in [1.165, 1.54) is 19.3 Å². The number of rotatable bonds is 5. The summed E-state index contributed by atoms with van der Waals surface area (Å²) >= 11 is 0. The first kappa shape index (κ1) is 17.0. The molecule has 0 aromatic carbocycles. The van der Waals surface area contributed by atoms with Crippen LogP contribution in [0, 0.1) is 22.7 Å². The van der Waals surface area contributed by atoms with Crippen molar-refractivity contribution in [2.24, 2.45) is 11.3 Å². The summed E-state index contributed by atoms with van der Waals surface area (Å²) in [7, 11) is 0. The molecule has 1 aliphatic rings. The number of likely N-dealkylation sites (tertiary alicyclic amines) is 1. The van der Waals surface area contributed by atoms with E-state index in [0.717, 1.165) is 19.0 Å². The molecular weight excluding hydrogens is 250 g/mol. The van der Waals surface area contributed by atoms with E-state index in [1.54, 1.807) is 13.8 Å². The Kier molecular flexibility index (Phi) is 5.59. The topological polar surface area (TPSA) is 56.1 Å². The molecule has 4 heteroatoms. The molecule has 1 rings (SSSR count). The van der Waals surface area contributed by atoms with Crippen molar-refractivity contribution in [3.8, 4) is 6.07 Å². The van der Waals surface area contributed by atoms with E-state index >= 15 is 0 Å². The molecule has 1 saturated heterocycles. The molecule has 1 heterocycles. The number of hydrogen-bond donors (Lipinski definition) is 1. The van der Waals surface area contributed by atoms with E-state index in [9.17, 15) is 4.79 Å². The summed E-state index contributed by atoms with van der Waals surface area (Å²) in [5.41, 5.74) is -1.01. The van der Waals surface area contributed by atoms with Crippen LogP contribution in [0.4, 0.5) is 0 Å². The standard InChI is InChI=1S/C16H29N3O/c1-6-13-8-7-9-19(10-13)16(4,5)12-18-14(20)15(2,3)11-17/h13H,6-10,12H2,1-5H3,(H,18,20)/t13-/m1/s1. The first-order chi connectivity index (χ1) is 9.23. The van der Waals surface area contributed by atoms with E-state index in [2.05, 4.69) is 31.0 Å². The van der Waals surface area contributed by atoms with Crippen LogP contribution in [0.2, 0.25) is 0 Å². The fourth-order valence-electron chi connectivity index (χ4n) is 2.63. The van der Waals surface area contributed by atoms with Gasteiger partial charge in [0.05, 0.1) is 6.07 Å². The molecule has 1 N–H and O–H groups in total. The molecule has 0 aromatic heterocycles. The third-order valence-electron chi connectivity index (χ3n) is 4.48. The van der Waals surface area contributed by atoms with Crippen molar-refractivity contribution in [1.29, 1.82) is 5.26 Å². The van der Waals surface area contributed by atoms with Crippen molar-refractivity contribution >= 4 is 5.91 Å². The maximum absolute atomic E-state index is 12.0. The Hall–Kier alpha value is -1.08. The monoisotopic (exact) mass is 279 g/mol. The van der Waals surface area contributed by atoms with Crippen molar-refractivity contribution in [1.82, 2.24) is 10.2 Å². The summed E-state index contributed by atoms with van der Waals surface area (Å²) in [5, 5.41) is 11.9. The number of carbonyl (C=O) groups is 1. The second-order valence-electron chi connectivity index (χ2n) is 7.09. The minimum absolute atomic E-state index is 0.0605. The molecule has 4 nitrogen and oxygen atoms in total. The molecule has 0 aliphatic carbocycles. The van der Waals surface area contributed by atoms with Gasteiger partial charge in [0, 0.05) is 18.6 Å². The van der Waals surface area contributed by atoms with Crippen molar-refractivity contribution in [3.05, 3.63) is 0 Å². The molecule has 0 aromatic rings. The van der Waals surface area contributed by atoms with Gasteiger partial charge in [0.25, 0.3) is 0 Å². The minimum atomic E-state index is -0.954. The molecule has 20 heavy (non-hydrogen) atoms. The van der Waals surface area contributed by atoms with E-state index < -0.39 is 5.41 Å². The predicted molar refractivity (Wildman–Crippen MR) is 81.1 cm³/mol. The summed E-state index contributed by atoms with van der Waals surface area (Å²) in [6, 6.07) is 2.05. The summed E-state index contributed by atoms with van der Waals surface area (Å²) < 4.78 is 0. The Labute approximate surface area is 123 Å². The van der Waals surface area contributed by atoms with Crippen LogP contribution in [0.5, 0.6) is 0 Å². The van der Waals surface area contributed by atoms with Crippen molar-refractivity contribution in [2.75, 3.05) is 19.6 Å². The maximum atomic E-state index is 12.0. The van der Waals surface area contributed by atoms with Crippen LogP contribution in [0.15, 0.2) is 0 Å².